The number of nitrogens with two attached hydrogens (primary N) is 1. The van der Waals surface area contributed by atoms with Gasteiger partial charge in [0, 0.05) is 17.6 Å². The highest BCUT2D eigenvalue weighted by Gasteiger charge is 2.38. The van der Waals surface area contributed by atoms with Crippen LogP contribution in [0.25, 0.3) is 0 Å². The van der Waals surface area contributed by atoms with Crippen LogP contribution in [0.15, 0.2) is 24.3 Å². The molecule has 1 heterocycles. The van der Waals surface area contributed by atoms with E-state index in [2.05, 4.69) is 0 Å². The van der Waals surface area contributed by atoms with Crippen LogP contribution in [0.3, 0.4) is 0 Å². The molecule has 2 rings (SSSR count). The fourth-order valence-electron chi connectivity index (χ4n) is 2.46. The fourth-order valence-corrected chi connectivity index (χ4v) is 2.66. The topological polar surface area (TPSA) is 55.6 Å². The van der Waals surface area contributed by atoms with Crippen molar-refractivity contribution in [2.24, 2.45) is 5.73 Å². The van der Waals surface area contributed by atoms with E-state index in [1.54, 1.807) is 4.90 Å². The Morgan fingerprint density at radius 2 is 2.15 bits per heavy atom. The lowest BCUT2D eigenvalue weighted by atomic mass is 10.0. The largest absolute Gasteiger partial charge is 0.444 e. The molecule has 4 nitrogen and oxygen atoms in total. The molecule has 2 atom stereocenters. The Balaban J connectivity index is 2.23. The maximum absolute atomic E-state index is 12.3. The van der Waals surface area contributed by atoms with Crippen molar-refractivity contribution in [3.63, 3.8) is 0 Å². The van der Waals surface area contributed by atoms with E-state index in [1.165, 1.54) is 0 Å². The van der Waals surface area contributed by atoms with E-state index in [0.717, 1.165) is 12.0 Å². The molecule has 1 aliphatic rings. The van der Waals surface area contributed by atoms with Crippen LogP contribution in [0, 0.1) is 0 Å². The van der Waals surface area contributed by atoms with Crippen molar-refractivity contribution in [1.82, 2.24) is 4.90 Å². The summed E-state index contributed by atoms with van der Waals surface area (Å²) >= 11 is 6.03. The number of amides is 1. The molecule has 1 aromatic carbocycles. The molecule has 0 saturated carbocycles. The number of halogens is 1. The average Bonchev–Trinajstić information content (AvgIpc) is 2.69. The van der Waals surface area contributed by atoms with Crippen molar-refractivity contribution in [1.29, 1.82) is 0 Å². The van der Waals surface area contributed by atoms with Crippen molar-refractivity contribution in [2.75, 3.05) is 6.54 Å². The van der Waals surface area contributed by atoms with Gasteiger partial charge < -0.3 is 10.5 Å². The van der Waals surface area contributed by atoms with Crippen LogP contribution in [0.2, 0.25) is 5.02 Å². The highest BCUT2D eigenvalue weighted by molar-refractivity contribution is 6.30. The second-order valence-corrected chi connectivity index (χ2v) is 6.56. The Hall–Kier alpha value is -1.26. The molecule has 1 saturated heterocycles. The van der Waals surface area contributed by atoms with E-state index in [-0.39, 0.29) is 18.2 Å². The third-order valence-corrected chi connectivity index (χ3v) is 3.50. The summed E-state index contributed by atoms with van der Waals surface area (Å²) in [5, 5.41) is 0.644. The Labute approximate surface area is 124 Å². The van der Waals surface area contributed by atoms with Crippen LogP contribution in [0.4, 0.5) is 4.79 Å². The van der Waals surface area contributed by atoms with Gasteiger partial charge in [-0.1, -0.05) is 23.7 Å². The first-order valence-corrected chi connectivity index (χ1v) is 7.16. The van der Waals surface area contributed by atoms with Crippen LogP contribution in [0.5, 0.6) is 0 Å². The minimum atomic E-state index is -0.511. The predicted molar refractivity (Wildman–Crippen MR) is 79.7 cm³/mol. The van der Waals surface area contributed by atoms with E-state index < -0.39 is 5.60 Å². The summed E-state index contributed by atoms with van der Waals surface area (Å²) in [7, 11) is 0. The Morgan fingerprint density at radius 1 is 1.45 bits per heavy atom. The summed E-state index contributed by atoms with van der Waals surface area (Å²) in [6.07, 6.45) is 0.437. The molecule has 1 aliphatic heterocycles. The maximum atomic E-state index is 12.3. The Bertz CT molecular complexity index is 499. The standard InChI is InChI=1S/C15H21ClN2O2/c1-15(2,3)20-14(19)18-8-7-12(17)13(18)10-5-4-6-11(16)9-10/h4-6,9,12-13H,7-8,17H2,1-3H3/t12-,13+/m0/s1. The number of likely N-dealkylation sites (tertiary alicyclic amines) is 1. The van der Waals surface area contributed by atoms with E-state index in [0.29, 0.717) is 11.6 Å². The van der Waals surface area contributed by atoms with Crippen LogP contribution >= 0.6 is 11.6 Å². The van der Waals surface area contributed by atoms with Crippen molar-refractivity contribution in [3.05, 3.63) is 34.9 Å². The van der Waals surface area contributed by atoms with Gasteiger partial charge in [-0.3, -0.25) is 4.90 Å². The molecule has 110 valence electrons. The SMILES string of the molecule is CC(C)(C)OC(=O)N1CC[C@H](N)[C@H]1c1cccc(Cl)c1. The monoisotopic (exact) mass is 296 g/mol. The number of nitrogens with zero attached hydrogens (tertiary/aromatic N) is 1. The number of rotatable bonds is 1. The lowest BCUT2D eigenvalue weighted by molar-refractivity contribution is 0.0218. The lowest BCUT2D eigenvalue weighted by Gasteiger charge is -2.30. The first-order valence-electron chi connectivity index (χ1n) is 6.78. The van der Waals surface area contributed by atoms with E-state index in [4.69, 9.17) is 22.1 Å². The van der Waals surface area contributed by atoms with Gasteiger partial charge in [-0.25, -0.2) is 4.79 Å². The molecule has 0 aromatic heterocycles. The molecule has 1 aromatic rings. The molecule has 1 amide bonds. The van der Waals surface area contributed by atoms with Crippen LogP contribution in [-0.2, 0) is 4.74 Å². The van der Waals surface area contributed by atoms with E-state index in [1.807, 2.05) is 45.0 Å². The molecule has 0 aliphatic carbocycles. The van der Waals surface area contributed by atoms with Crippen molar-refractivity contribution < 1.29 is 9.53 Å². The minimum absolute atomic E-state index is 0.0963. The number of hydrogen-bond donors (Lipinski definition) is 1. The van der Waals surface area contributed by atoms with Crippen LogP contribution in [-0.4, -0.2) is 29.2 Å². The molecule has 0 bridgehead atoms. The number of ether oxygens (including phenoxy) is 1. The van der Waals surface area contributed by atoms with Crippen molar-refractivity contribution >= 4 is 17.7 Å². The van der Waals surface area contributed by atoms with Crippen molar-refractivity contribution in [3.8, 4) is 0 Å². The van der Waals surface area contributed by atoms with Gasteiger partial charge in [0.25, 0.3) is 0 Å². The third-order valence-electron chi connectivity index (χ3n) is 3.26. The molecule has 0 unspecified atom stereocenters. The van der Waals surface area contributed by atoms with Gasteiger partial charge in [-0.15, -0.1) is 0 Å². The van der Waals surface area contributed by atoms with Crippen LogP contribution in [0.1, 0.15) is 38.8 Å². The second kappa shape index (κ2) is 5.62. The van der Waals surface area contributed by atoms with Gasteiger partial charge >= 0.3 is 6.09 Å². The third kappa shape index (κ3) is 3.44. The lowest BCUT2D eigenvalue weighted by Crippen LogP contribution is -2.39. The normalized spacial score (nSPS) is 22.9. The smallest absolute Gasteiger partial charge is 0.410 e. The van der Waals surface area contributed by atoms with Gasteiger partial charge in [0.2, 0.25) is 0 Å². The number of hydrogen-bond acceptors (Lipinski definition) is 3. The van der Waals surface area contributed by atoms with E-state index in [9.17, 15) is 4.79 Å². The zero-order valence-corrected chi connectivity index (χ0v) is 12.9. The summed E-state index contributed by atoms with van der Waals surface area (Å²) < 4.78 is 5.45. The summed E-state index contributed by atoms with van der Waals surface area (Å²) in [6.45, 7) is 6.17. The quantitative estimate of drug-likeness (QED) is 0.864. The molecule has 5 heteroatoms. The van der Waals surface area contributed by atoms with Gasteiger partial charge in [0.05, 0.1) is 6.04 Å². The van der Waals surface area contributed by atoms with Gasteiger partial charge in [-0.05, 0) is 44.9 Å². The molecule has 0 radical (unpaired) electrons. The first kappa shape index (κ1) is 15.1. The minimum Gasteiger partial charge on any atom is -0.444 e. The molecule has 2 N–H and O–H groups in total. The zero-order valence-electron chi connectivity index (χ0n) is 12.1. The number of carbonyl (C=O) groups excluding carboxylic acids is 1. The average molecular weight is 297 g/mol. The molecular formula is C15H21ClN2O2. The highest BCUT2D eigenvalue weighted by atomic mass is 35.5. The van der Waals surface area contributed by atoms with Gasteiger partial charge in [-0.2, -0.15) is 0 Å². The molecular weight excluding hydrogens is 276 g/mol. The van der Waals surface area contributed by atoms with Gasteiger partial charge in [0.1, 0.15) is 5.60 Å². The van der Waals surface area contributed by atoms with E-state index >= 15 is 0 Å². The Morgan fingerprint density at radius 3 is 2.75 bits per heavy atom. The molecule has 1 fully saturated rings. The first-order chi connectivity index (χ1) is 9.28. The highest BCUT2D eigenvalue weighted by Crippen LogP contribution is 2.33. The Kier molecular flexibility index (Phi) is 4.25. The summed E-state index contributed by atoms with van der Waals surface area (Å²) in [5.74, 6) is 0. The summed E-state index contributed by atoms with van der Waals surface area (Å²) in [5.41, 5.74) is 6.60. The molecule has 0 spiro atoms. The second-order valence-electron chi connectivity index (χ2n) is 6.13. The fraction of sp³-hybridized carbons (Fsp3) is 0.533. The summed E-state index contributed by atoms with van der Waals surface area (Å²) in [4.78, 5) is 14.0. The van der Waals surface area contributed by atoms with Gasteiger partial charge in [0.15, 0.2) is 0 Å². The predicted octanol–water partition coefficient (Wildman–Crippen LogP) is 3.35. The van der Waals surface area contributed by atoms with Crippen molar-refractivity contribution in [2.45, 2.75) is 44.9 Å². The summed E-state index contributed by atoms with van der Waals surface area (Å²) in [6, 6.07) is 7.21. The number of benzene rings is 1. The maximum Gasteiger partial charge on any atom is 0.410 e. The number of carbonyl (C=O) groups is 1. The molecule has 20 heavy (non-hydrogen) atoms. The van der Waals surface area contributed by atoms with Crippen LogP contribution < -0.4 is 5.73 Å². The zero-order chi connectivity index (χ0) is 14.9.